The standard InChI is InChI=1S/C14H8Cl3N3O2/c15-14(16,17)10-3-1-8(2-4-10)11-7-20-6-9(12(21)22)5-18-13(20)19-11/h1-7H,(H,21,22). The van der Waals surface area contributed by atoms with E-state index in [4.69, 9.17) is 39.9 Å². The van der Waals surface area contributed by atoms with Crippen molar-refractivity contribution in [1.29, 1.82) is 0 Å². The van der Waals surface area contributed by atoms with E-state index in [1.807, 2.05) is 0 Å². The number of carboxylic acids is 1. The molecule has 1 N–H and O–H groups in total. The molecule has 3 rings (SSSR count). The topological polar surface area (TPSA) is 67.5 Å². The van der Waals surface area contributed by atoms with Crippen molar-refractivity contribution in [2.75, 3.05) is 0 Å². The maximum absolute atomic E-state index is 10.9. The lowest BCUT2D eigenvalue weighted by molar-refractivity contribution is 0.0696. The number of aromatic carboxylic acids is 1. The maximum Gasteiger partial charge on any atom is 0.338 e. The van der Waals surface area contributed by atoms with Gasteiger partial charge in [-0.25, -0.2) is 14.8 Å². The largest absolute Gasteiger partial charge is 0.478 e. The van der Waals surface area contributed by atoms with Gasteiger partial charge in [-0.05, 0) is 0 Å². The summed E-state index contributed by atoms with van der Waals surface area (Å²) in [6.07, 6.45) is 4.41. The van der Waals surface area contributed by atoms with E-state index < -0.39 is 9.76 Å². The highest BCUT2D eigenvalue weighted by Crippen LogP contribution is 2.38. The van der Waals surface area contributed by atoms with E-state index >= 15 is 0 Å². The van der Waals surface area contributed by atoms with Crippen molar-refractivity contribution < 1.29 is 9.90 Å². The van der Waals surface area contributed by atoms with E-state index in [-0.39, 0.29) is 5.56 Å². The molecule has 0 amide bonds. The molecule has 0 radical (unpaired) electrons. The van der Waals surface area contributed by atoms with Gasteiger partial charge in [0.2, 0.25) is 9.57 Å². The SMILES string of the molecule is O=C(O)c1cnc2nc(-c3ccc(C(Cl)(Cl)Cl)cc3)cn2c1. The zero-order valence-corrected chi connectivity index (χ0v) is 13.1. The number of benzene rings is 1. The number of hydrogen-bond acceptors (Lipinski definition) is 3. The van der Waals surface area contributed by atoms with Crippen LogP contribution in [0.15, 0.2) is 42.9 Å². The second-order valence-electron chi connectivity index (χ2n) is 4.56. The highest BCUT2D eigenvalue weighted by Gasteiger charge is 2.22. The van der Waals surface area contributed by atoms with Gasteiger partial charge in [0.1, 0.15) is 0 Å². The molecule has 2 aromatic heterocycles. The molecule has 0 saturated heterocycles. The molecule has 0 atom stereocenters. The second-order valence-corrected chi connectivity index (χ2v) is 6.84. The van der Waals surface area contributed by atoms with Crippen molar-refractivity contribution in [2.24, 2.45) is 0 Å². The van der Waals surface area contributed by atoms with Gasteiger partial charge in [0.15, 0.2) is 0 Å². The van der Waals surface area contributed by atoms with Crippen LogP contribution in [0.5, 0.6) is 0 Å². The Kier molecular flexibility index (Phi) is 3.72. The molecule has 0 unspecified atom stereocenters. The highest BCUT2D eigenvalue weighted by atomic mass is 35.6. The van der Waals surface area contributed by atoms with Crippen molar-refractivity contribution in [3.05, 3.63) is 54.0 Å². The van der Waals surface area contributed by atoms with E-state index in [1.165, 1.54) is 12.4 Å². The summed E-state index contributed by atoms with van der Waals surface area (Å²) in [4.78, 5) is 19.3. The number of fused-ring (bicyclic) bond motifs is 1. The summed E-state index contributed by atoms with van der Waals surface area (Å²) in [5.41, 5.74) is 2.09. The van der Waals surface area contributed by atoms with Gasteiger partial charge in [-0.1, -0.05) is 59.1 Å². The Morgan fingerprint density at radius 3 is 2.41 bits per heavy atom. The fraction of sp³-hybridized carbons (Fsp3) is 0.0714. The molecule has 5 nitrogen and oxygen atoms in total. The molecule has 0 saturated carbocycles. The first kappa shape index (κ1) is 15.1. The third kappa shape index (κ3) is 2.88. The average molecular weight is 357 g/mol. The Morgan fingerprint density at radius 2 is 1.82 bits per heavy atom. The molecule has 8 heteroatoms. The van der Waals surface area contributed by atoms with Gasteiger partial charge in [0.25, 0.3) is 0 Å². The molecule has 0 aliphatic rings. The summed E-state index contributed by atoms with van der Waals surface area (Å²) < 4.78 is 0.0804. The van der Waals surface area contributed by atoms with Gasteiger partial charge in [0, 0.05) is 29.7 Å². The molecule has 22 heavy (non-hydrogen) atoms. The van der Waals surface area contributed by atoms with Gasteiger partial charge >= 0.3 is 5.97 Å². The van der Waals surface area contributed by atoms with Crippen LogP contribution in [0, 0.1) is 0 Å². The third-order valence-electron chi connectivity index (χ3n) is 3.06. The summed E-state index contributed by atoms with van der Waals surface area (Å²) in [6.45, 7) is 0. The number of carboxylic acid groups (broad SMARTS) is 1. The first-order valence-corrected chi connectivity index (χ1v) is 7.23. The van der Waals surface area contributed by atoms with Gasteiger partial charge < -0.3 is 5.11 Å². The van der Waals surface area contributed by atoms with Gasteiger partial charge in [0.05, 0.1) is 11.3 Å². The van der Waals surface area contributed by atoms with Crippen LogP contribution in [0.1, 0.15) is 15.9 Å². The lowest BCUT2D eigenvalue weighted by atomic mass is 10.1. The summed E-state index contributed by atoms with van der Waals surface area (Å²) in [7, 11) is 0. The Bertz CT molecular complexity index is 854. The van der Waals surface area contributed by atoms with Crippen LogP contribution in [0.3, 0.4) is 0 Å². The minimum Gasteiger partial charge on any atom is -0.478 e. The molecule has 0 aliphatic carbocycles. The predicted octanol–water partition coefficient (Wildman–Crippen LogP) is 3.92. The van der Waals surface area contributed by atoms with Crippen molar-refractivity contribution in [3.63, 3.8) is 0 Å². The van der Waals surface area contributed by atoms with Crippen LogP contribution in [-0.4, -0.2) is 25.4 Å². The number of alkyl halides is 3. The fourth-order valence-electron chi connectivity index (χ4n) is 1.96. The summed E-state index contributed by atoms with van der Waals surface area (Å²) >= 11 is 17.4. The Morgan fingerprint density at radius 1 is 1.14 bits per heavy atom. The molecule has 0 aliphatic heterocycles. The predicted molar refractivity (Wildman–Crippen MR) is 84.6 cm³/mol. The molecule has 0 spiro atoms. The average Bonchev–Trinajstić information content (AvgIpc) is 2.89. The molecule has 2 heterocycles. The van der Waals surface area contributed by atoms with E-state index in [0.717, 1.165) is 5.56 Å². The summed E-state index contributed by atoms with van der Waals surface area (Å²) in [5, 5.41) is 8.96. The van der Waals surface area contributed by atoms with E-state index in [1.54, 1.807) is 34.9 Å². The van der Waals surface area contributed by atoms with E-state index in [0.29, 0.717) is 17.0 Å². The molecular weight excluding hydrogens is 349 g/mol. The van der Waals surface area contributed by atoms with Crippen molar-refractivity contribution >= 4 is 46.5 Å². The van der Waals surface area contributed by atoms with Crippen molar-refractivity contribution in [3.8, 4) is 11.3 Å². The lowest BCUT2D eigenvalue weighted by Gasteiger charge is -2.10. The first-order chi connectivity index (χ1) is 10.3. The number of imidazole rings is 1. The number of aromatic nitrogens is 3. The minimum absolute atomic E-state index is 0.0861. The quantitative estimate of drug-likeness (QED) is 0.707. The number of carbonyl (C=O) groups is 1. The van der Waals surface area contributed by atoms with E-state index in [2.05, 4.69) is 9.97 Å². The number of halogens is 3. The van der Waals surface area contributed by atoms with E-state index in [9.17, 15) is 4.79 Å². The van der Waals surface area contributed by atoms with Crippen LogP contribution in [0.2, 0.25) is 0 Å². The van der Waals surface area contributed by atoms with Crippen LogP contribution < -0.4 is 0 Å². The minimum atomic E-state index is -1.48. The monoisotopic (exact) mass is 355 g/mol. The molecule has 112 valence electrons. The smallest absolute Gasteiger partial charge is 0.338 e. The maximum atomic E-state index is 10.9. The molecule has 3 aromatic rings. The first-order valence-electron chi connectivity index (χ1n) is 6.10. The van der Waals surface area contributed by atoms with Gasteiger partial charge in [-0.2, -0.15) is 0 Å². The number of nitrogens with zero attached hydrogens (tertiary/aromatic N) is 3. The zero-order chi connectivity index (χ0) is 15.9. The zero-order valence-electron chi connectivity index (χ0n) is 10.9. The summed E-state index contributed by atoms with van der Waals surface area (Å²) in [6, 6.07) is 6.94. The van der Waals surface area contributed by atoms with Crippen LogP contribution in [-0.2, 0) is 3.79 Å². The normalized spacial score (nSPS) is 11.8. The van der Waals surface area contributed by atoms with Crippen LogP contribution in [0.4, 0.5) is 0 Å². The Hall–Kier alpha value is -1.82. The third-order valence-corrected chi connectivity index (χ3v) is 3.72. The van der Waals surface area contributed by atoms with Gasteiger partial charge in [-0.3, -0.25) is 4.40 Å². The van der Waals surface area contributed by atoms with Crippen molar-refractivity contribution in [1.82, 2.24) is 14.4 Å². The highest BCUT2D eigenvalue weighted by molar-refractivity contribution is 6.66. The Labute approximate surface area is 140 Å². The second kappa shape index (κ2) is 5.43. The lowest BCUT2D eigenvalue weighted by Crippen LogP contribution is -1.99. The number of hydrogen-bond donors (Lipinski definition) is 1. The Balaban J connectivity index is 2.01. The van der Waals surface area contributed by atoms with Crippen LogP contribution >= 0.6 is 34.8 Å². The molecule has 1 aromatic carbocycles. The number of rotatable bonds is 2. The van der Waals surface area contributed by atoms with Crippen molar-refractivity contribution in [2.45, 2.75) is 3.79 Å². The molecule has 0 fully saturated rings. The summed E-state index contributed by atoms with van der Waals surface area (Å²) in [5.74, 6) is -0.637. The molecular formula is C14H8Cl3N3O2. The molecule has 0 bridgehead atoms. The fourth-order valence-corrected chi connectivity index (χ4v) is 2.34. The van der Waals surface area contributed by atoms with Crippen LogP contribution in [0.25, 0.3) is 17.0 Å². The van der Waals surface area contributed by atoms with Gasteiger partial charge in [-0.15, -0.1) is 0 Å².